The zero-order valence-electron chi connectivity index (χ0n) is 14.0. The highest BCUT2D eigenvalue weighted by Crippen LogP contribution is 2.27. The summed E-state index contributed by atoms with van der Waals surface area (Å²) in [5.41, 5.74) is 0.722. The Labute approximate surface area is 141 Å². The van der Waals surface area contributed by atoms with E-state index in [-0.39, 0.29) is 17.9 Å². The zero-order valence-corrected chi connectivity index (χ0v) is 14.0. The Kier molecular flexibility index (Phi) is 4.66. The number of imide groups is 1. The van der Waals surface area contributed by atoms with Crippen molar-refractivity contribution in [3.05, 3.63) is 35.4 Å². The number of hydrogen-bond donors (Lipinski definition) is 1. The maximum atomic E-state index is 12.7. The van der Waals surface area contributed by atoms with Gasteiger partial charge < -0.3 is 10.1 Å². The van der Waals surface area contributed by atoms with Crippen LogP contribution in [0.25, 0.3) is 0 Å². The summed E-state index contributed by atoms with van der Waals surface area (Å²) >= 11 is 0. The van der Waals surface area contributed by atoms with Gasteiger partial charge in [0.25, 0.3) is 11.8 Å². The van der Waals surface area contributed by atoms with Gasteiger partial charge in [-0.05, 0) is 30.9 Å². The van der Waals surface area contributed by atoms with Crippen LogP contribution in [0.2, 0.25) is 0 Å². The van der Waals surface area contributed by atoms with Gasteiger partial charge in [0.15, 0.2) is 0 Å². The van der Waals surface area contributed by atoms with E-state index in [1.54, 1.807) is 24.3 Å². The van der Waals surface area contributed by atoms with Crippen LogP contribution >= 0.6 is 0 Å². The molecule has 0 aromatic heterocycles. The minimum atomic E-state index is -0.821. The second-order valence-electron chi connectivity index (χ2n) is 6.59. The molecule has 2 atom stereocenters. The number of nitrogens with one attached hydrogen (secondary N) is 1. The van der Waals surface area contributed by atoms with Crippen molar-refractivity contribution < 1.29 is 19.1 Å². The molecule has 0 aliphatic carbocycles. The lowest BCUT2D eigenvalue weighted by atomic mass is 10.0. The fourth-order valence-corrected chi connectivity index (χ4v) is 3.30. The number of rotatable bonds is 5. The van der Waals surface area contributed by atoms with Crippen LogP contribution in [0.1, 0.15) is 47.4 Å². The van der Waals surface area contributed by atoms with Crippen LogP contribution in [-0.4, -0.2) is 47.9 Å². The van der Waals surface area contributed by atoms with E-state index in [9.17, 15) is 14.4 Å². The third-order valence-electron chi connectivity index (χ3n) is 4.53. The second-order valence-corrected chi connectivity index (χ2v) is 6.59. The summed E-state index contributed by atoms with van der Waals surface area (Å²) < 4.78 is 5.50. The van der Waals surface area contributed by atoms with E-state index >= 15 is 0 Å². The highest BCUT2D eigenvalue weighted by atomic mass is 16.5. The number of hydrogen-bond acceptors (Lipinski definition) is 4. The molecule has 128 valence electrons. The van der Waals surface area contributed by atoms with E-state index in [0.29, 0.717) is 24.3 Å². The van der Waals surface area contributed by atoms with Gasteiger partial charge in [0, 0.05) is 13.2 Å². The van der Waals surface area contributed by atoms with Crippen molar-refractivity contribution in [1.29, 1.82) is 0 Å². The first-order valence-corrected chi connectivity index (χ1v) is 8.37. The van der Waals surface area contributed by atoms with E-state index in [1.807, 2.05) is 13.8 Å². The molecule has 3 amide bonds. The van der Waals surface area contributed by atoms with Gasteiger partial charge in [0.2, 0.25) is 5.91 Å². The van der Waals surface area contributed by atoms with Crippen molar-refractivity contribution in [2.24, 2.45) is 5.92 Å². The van der Waals surface area contributed by atoms with Crippen molar-refractivity contribution >= 4 is 17.7 Å². The van der Waals surface area contributed by atoms with Crippen molar-refractivity contribution in [3.8, 4) is 0 Å². The Bertz CT molecular complexity index is 630. The molecule has 2 heterocycles. The van der Waals surface area contributed by atoms with Crippen LogP contribution in [0.15, 0.2) is 24.3 Å². The number of ether oxygens (including phenoxy) is 1. The van der Waals surface area contributed by atoms with Crippen LogP contribution in [0, 0.1) is 5.92 Å². The Morgan fingerprint density at radius 3 is 2.38 bits per heavy atom. The van der Waals surface area contributed by atoms with Gasteiger partial charge in [-0.3, -0.25) is 19.3 Å². The minimum absolute atomic E-state index is 0.0175. The molecule has 6 nitrogen and oxygen atoms in total. The molecular formula is C18H22N2O4. The summed E-state index contributed by atoms with van der Waals surface area (Å²) in [6, 6.07) is 5.86. The first-order chi connectivity index (χ1) is 11.5. The third kappa shape index (κ3) is 2.94. The predicted molar refractivity (Wildman–Crippen MR) is 87.6 cm³/mol. The molecule has 0 spiro atoms. The number of fused-ring (bicyclic) bond motifs is 1. The first-order valence-electron chi connectivity index (χ1n) is 8.37. The SMILES string of the molecule is CC(C)C(C(=O)NCC1CCCO1)N1C(=O)c2ccccc2C1=O. The quantitative estimate of drug-likeness (QED) is 0.832. The predicted octanol–water partition coefficient (Wildman–Crippen LogP) is 1.60. The average Bonchev–Trinajstić information content (AvgIpc) is 3.16. The molecule has 0 radical (unpaired) electrons. The monoisotopic (exact) mass is 330 g/mol. The number of carbonyl (C=O) groups is 3. The van der Waals surface area contributed by atoms with Crippen LogP contribution < -0.4 is 5.32 Å². The van der Waals surface area contributed by atoms with Gasteiger partial charge in [-0.15, -0.1) is 0 Å². The van der Waals surface area contributed by atoms with E-state index in [1.165, 1.54) is 0 Å². The summed E-state index contributed by atoms with van der Waals surface area (Å²) in [6.45, 7) is 4.79. The van der Waals surface area contributed by atoms with Crippen molar-refractivity contribution in [2.45, 2.75) is 38.8 Å². The largest absolute Gasteiger partial charge is 0.376 e. The highest BCUT2D eigenvalue weighted by molar-refractivity contribution is 6.22. The van der Waals surface area contributed by atoms with Gasteiger partial charge in [0.05, 0.1) is 17.2 Å². The topological polar surface area (TPSA) is 75.7 Å². The molecule has 3 rings (SSSR count). The number of benzene rings is 1. The molecule has 1 N–H and O–H groups in total. The second kappa shape index (κ2) is 6.73. The maximum absolute atomic E-state index is 12.7. The average molecular weight is 330 g/mol. The van der Waals surface area contributed by atoms with Gasteiger partial charge in [-0.2, -0.15) is 0 Å². The van der Waals surface area contributed by atoms with Gasteiger partial charge in [0.1, 0.15) is 6.04 Å². The van der Waals surface area contributed by atoms with Crippen LogP contribution in [0.3, 0.4) is 0 Å². The maximum Gasteiger partial charge on any atom is 0.262 e. The smallest absolute Gasteiger partial charge is 0.262 e. The fourth-order valence-electron chi connectivity index (χ4n) is 3.30. The number of amides is 3. The third-order valence-corrected chi connectivity index (χ3v) is 4.53. The molecule has 6 heteroatoms. The zero-order chi connectivity index (χ0) is 17.3. The molecule has 2 unspecified atom stereocenters. The Hall–Kier alpha value is -2.21. The molecule has 1 saturated heterocycles. The first kappa shape index (κ1) is 16.6. The standard InChI is InChI=1S/C18H22N2O4/c1-11(2)15(16(21)19-10-12-6-5-9-24-12)20-17(22)13-7-3-4-8-14(13)18(20)23/h3-4,7-8,11-12,15H,5-6,9-10H2,1-2H3,(H,19,21). The van der Waals surface area contributed by atoms with E-state index in [0.717, 1.165) is 17.7 Å². The van der Waals surface area contributed by atoms with Crippen molar-refractivity contribution in [3.63, 3.8) is 0 Å². The molecule has 1 fully saturated rings. The molecule has 2 aliphatic rings. The highest BCUT2D eigenvalue weighted by Gasteiger charge is 2.43. The Balaban J connectivity index is 1.77. The summed E-state index contributed by atoms with van der Waals surface area (Å²) in [7, 11) is 0. The van der Waals surface area contributed by atoms with Gasteiger partial charge >= 0.3 is 0 Å². The number of carbonyl (C=O) groups excluding carboxylic acids is 3. The van der Waals surface area contributed by atoms with E-state index in [2.05, 4.69) is 5.32 Å². The lowest BCUT2D eigenvalue weighted by molar-refractivity contribution is -0.126. The molecule has 2 aliphatic heterocycles. The van der Waals surface area contributed by atoms with Crippen molar-refractivity contribution in [1.82, 2.24) is 10.2 Å². The van der Waals surface area contributed by atoms with Gasteiger partial charge in [-0.1, -0.05) is 26.0 Å². The van der Waals surface area contributed by atoms with Crippen molar-refractivity contribution in [2.75, 3.05) is 13.2 Å². The molecule has 1 aromatic carbocycles. The molecular weight excluding hydrogens is 308 g/mol. The number of nitrogens with zero attached hydrogens (tertiary/aromatic N) is 1. The lowest BCUT2D eigenvalue weighted by Crippen LogP contribution is -2.53. The van der Waals surface area contributed by atoms with E-state index < -0.39 is 17.9 Å². The lowest BCUT2D eigenvalue weighted by Gasteiger charge is -2.28. The Morgan fingerprint density at radius 1 is 1.25 bits per heavy atom. The minimum Gasteiger partial charge on any atom is -0.376 e. The molecule has 1 aromatic rings. The summed E-state index contributed by atoms with van der Waals surface area (Å²) in [6.07, 6.45) is 1.93. The van der Waals surface area contributed by atoms with Gasteiger partial charge in [-0.25, -0.2) is 0 Å². The molecule has 0 saturated carbocycles. The molecule has 0 bridgehead atoms. The fraction of sp³-hybridized carbons (Fsp3) is 0.500. The summed E-state index contributed by atoms with van der Waals surface area (Å²) in [5.74, 6) is -1.30. The Morgan fingerprint density at radius 2 is 1.88 bits per heavy atom. The van der Waals surface area contributed by atoms with Crippen LogP contribution in [0.5, 0.6) is 0 Å². The summed E-state index contributed by atoms with van der Waals surface area (Å²) in [5, 5.41) is 2.84. The normalized spacial score (nSPS) is 21.3. The molecule has 24 heavy (non-hydrogen) atoms. The summed E-state index contributed by atoms with van der Waals surface area (Å²) in [4.78, 5) is 39.0. The van der Waals surface area contributed by atoms with E-state index in [4.69, 9.17) is 4.74 Å². The van der Waals surface area contributed by atoms with Crippen LogP contribution in [0.4, 0.5) is 0 Å². The van der Waals surface area contributed by atoms with Crippen LogP contribution in [-0.2, 0) is 9.53 Å².